The van der Waals surface area contributed by atoms with E-state index in [0.29, 0.717) is 18.1 Å². The van der Waals surface area contributed by atoms with Crippen LogP contribution < -0.4 is 16.4 Å². The van der Waals surface area contributed by atoms with Crippen molar-refractivity contribution < 1.29 is 4.79 Å². The molecule has 1 aliphatic rings. The molecular weight excluding hydrogens is 384 g/mol. The molecule has 29 heavy (non-hydrogen) atoms. The molecule has 1 aliphatic heterocycles. The van der Waals surface area contributed by atoms with Crippen LogP contribution in [0.25, 0.3) is 16.9 Å². The molecule has 0 fully saturated rings. The predicted octanol–water partition coefficient (Wildman–Crippen LogP) is 3.47. The van der Waals surface area contributed by atoms with Crippen LogP contribution in [0.5, 0.6) is 0 Å². The fourth-order valence-electron chi connectivity index (χ4n) is 3.82. The molecule has 5 rings (SSSR count). The van der Waals surface area contributed by atoms with Gasteiger partial charge in [-0.2, -0.15) is 4.98 Å². The number of aryl methyl sites for hydroxylation is 1. The third-order valence-corrected chi connectivity index (χ3v) is 6.02. The number of fused-ring (bicyclic) bond motifs is 2. The fourth-order valence-corrected chi connectivity index (χ4v) is 4.47. The van der Waals surface area contributed by atoms with Gasteiger partial charge < -0.3 is 16.4 Å². The van der Waals surface area contributed by atoms with E-state index in [-0.39, 0.29) is 0 Å². The summed E-state index contributed by atoms with van der Waals surface area (Å²) in [6, 6.07) is 11.6. The van der Waals surface area contributed by atoms with Crippen molar-refractivity contribution in [1.82, 2.24) is 14.5 Å². The highest BCUT2D eigenvalue weighted by Gasteiger charge is 2.22. The summed E-state index contributed by atoms with van der Waals surface area (Å²) >= 11 is 1.71. The van der Waals surface area contributed by atoms with E-state index in [1.807, 2.05) is 35.8 Å². The quantitative estimate of drug-likeness (QED) is 0.473. The molecule has 1 aromatic carbocycles. The van der Waals surface area contributed by atoms with Gasteiger partial charge in [0.15, 0.2) is 5.82 Å². The van der Waals surface area contributed by atoms with E-state index in [1.54, 1.807) is 17.4 Å². The average molecular weight is 404 g/mol. The Kier molecular flexibility index (Phi) is 4.21. The zero-order valence-electron chi connectivity index (χ0n) is 15.9. The maximum Gasteiger partial charge on any atom is 0.249 e. The van der Waals surface area contributed by atoms with Crippen molar-refractivity contribution in [2.24, 2.45) is 5.73 Å². The third-order valence-electron chi connectivity index (χ3n) is 5.14. The number of nitrogens with two attached hydrogens (primary N) is 1. The van der Waals surface area contributed by atoms with Crippen molar-refractivity contribution in [1.29, 1.82) is 0 Å². The fraction of sp³-hybridized carbons (Fsp3) is 0.190. The van der Waals surface area contributed by atoms with E-state index < -0.39 is 5.91 Å². The summed E-state index contributed by atoms with van der Waals surface area (Å²) in [4.78, 5) is 22.7. The van der Waals surface area contributed by atoms with E-state index in [1.165, 1.54) is 4.88 Å². The van der Waals surface area contributed by atoms with E-state index in [0.717, 1.165) is 46.8 Å². The normalized spacial score (nSPS) is 12.7. The van der Waals surface area contributed by atoms with Crippen LogP contribution in [0.3, 0.4) is 0 Å². The summed E-state index contributed by atoms with van der Waals surface area (Å²) in [6.07, 6.45) is 0.851. The van der Waals surface area contributed by atoms with Gasteiger partial charge >= 0.3 is 0 Å². The number of amides is 1. The number of hydrogen-bond acceptors (Lipinski definition) is 6. The number of nitrogens with one attached hydrogen (secondary N) is 2. The minimum atomic E-state index is -0.440. The number of benzene rings is 1. The summed E-state index contributed by atoms with van der Waals surface area (Å²) in [6.45, 7) is 3.54. The molecule has 0 saturated heterocycles. The molecule has 0 aliphatic carbocycles. The Balaban J connectivity index is 1.63. The Hall–Kier alpha value is -3.39. The number of rotatable bonds is 5. The van der Waals surface area contributed by atoms with Crippen molar-refractivity contribution in [3.63, 3.8) is 0 Å². The number of hydrogen-bond donors (Lipinski definition) is 3. The smallest absolute Gasteiger partial charge is 0.249 e. The molecule has 0 bridgehead atoms. The van der Waals surface area contributed by atoms with Gasteiger partial charge in [-0.05, 0) is 36.6 Å². The standard InChI is InChI=1S/C21H20N6OS/c1-12-10-15-14(19(22)28)5-2-6-17(15)27(12)21-25-16-7-8-23-18(16)20(26-21)24-11-13-4-3-9-29-13/h2-6,9-10,23H,7-8,11H2,1H3,(H2,22,28)(H,24,25,26). The first-order valence-electron chi connectivity index (χ1n) is 9.44. The number of nitrogens with zero attached hydrogens (tertiary/aromatic N) is 3. The van der Waals surface area contributed by atoms with E-state index in [9.17, 15) is 4.79 Å². The second kappa shape index (κ2) is 6.89. The SMILES string of the molecule is Cc1cc2c(C(N)=O)cccc2n1-c1nc2c(c(NCc3cccs3)n1)NCC2. The molecule has 4 heterocycles. The van der Waals surface area contributed by atoms with Gasteiger partial charge in [0.25, 0.3) is 0 Å². The highest BCUT2D eigenvalue weighted by atomic mass is 32.1. The van der Waals surface area contributed by atoms with Crippen molar-refractivity contribution in [3.05, 3.63) is 63.6 Å². The van der Waals surface area contributed by atoms with Crippen LogP contribution in [-0.2, 0) is 13.0 Å². The number of primary amides is 1. The van der Waals surface area contributed by atoms with E-state index >= 15 is 0 Å². The third kappa shape index (κ3) is 3.01. The molecular formula is C21H20N6OS. The Bertz CT molecular complexity index is 1230. The molecule has 0 radical (unpaired) electrons. The molecule has 1 amide bonds. The highest BCUT2D eigenvalue weighted by Crippen LogP contribution is 2.32. The second-order valence-electron chi connectivity index (χ2n) is 7.03. The van der Waals surface area contributed by atoms with E-state index in [4.69, 9.17) is 15.7 Å². The van der Waals surface area contributed by atoms with Crippen molar-refractivity contribution in [2.75, 3.05) is 17.2 Å². The average Bonchev–Trinajstić information content (AvgIpc) is 3.44. The maximum absolute atomic E-state index is 11.8. The van der Waals surface area contributed by atoms with E-state index in [2.05, 4.69) is 22.1 Å². The molecule has 0 unspecified atom stereocenters. The molecule has 146 valence electrons. The van der Waals surface area contributed by atoms with Crippen LogP contribution in [0, 0.1) is 6.92 Å². The topological polar surface area (TPSA) is 97.9 Å². The van der Waals surface area contributed by atoms with Gasteiger partial charge in [0.1, 0.15) is 0 Å². The molecule has 0 atom stereocenters. The van der Waals surface area contributed by atoms with Gasteiger partial charge in [-0.25, -0.2) is 4.98 Å². The molecule has 3 aromatic heterocycles. The van der Waals surface area contributed by atoms with Crippen molar-refractivity contribution >= 4 is 39.7 Å². The number of thiophene rings is 1. The summed E-state index contributed by atoms with van der Waals surface area (Å²) in [5.41, 5.74) is 9.85. The first-order chi connectivity index (χ1) is 14.1. The lowest BCUT2D eigenvalue weighted by Gasteiger charge is -2.14. The summed E-state index contributed by atoms with van der Waals surface area (Å²) in [5, 5.41) is 9.73. The lowest BCUT2D eigenvalue weighted by Crippen LogP contribution is -2.11. The van der Waals surface area contributed by atoms with Crippen LogP contribution in [-0.4, -0.2) is 27.0 Å². The molecule has 8 heteroatoms. The Labute approximate surface area is 171 Å². The van der Waals surface area contributed by atoms with Crippen LogP contribution >= 0.6 is 11.3 Å². The Morgan fingerprint density at radius 1 is 1.31 bits per heavy atom. The summed E-state index contributed by atoms with van der Waals surface area (Å²) < 4.78 is 1.98. The van der Waals surface area contributed by atoms with Crippen molar-refractivity contribution in [2.45, 2.75) is 19.9 Å². The minimum absolute atomic E-state index is 0.440. The zero-order valence-corrected chi connectivity index (χ0v) is 16.7. The summed E-state index contributed by atoms with van der Waals surface area (Å²) in [5.74, 6) is 0.948. The van der Waals surface area contributed by atoms with Gasteiger partial charge in [-0.3, -0.25) is 9.36 Å². The Morgan fingerprint density at radius 3 is 3.00 bits per heavy atom. The molecule has 4 aromatic rings. The maximum atomic E-state index is 11.8. The van der Waals surface area contributed by atoms with Gasteiger partial charge in [0.05, 0.1) is 23.4 Å². The zero-order chi connectivity index (χ0) is 20.0. The summed E-state index contributed by atoms with van der Waals surface area (Å²) in [7, 11) is 0. The second-order valence-corrected chi connectivity index (χ2v) is 8.06. The van der Waals surface area contributed by atoms with Crippen LogP contribution in [0.1, 0.15) is 26.6 Å². The van der Waals surface area contributed by atoms with Gasteiger partial charge in [0.2, 0.25) is 11.9 Å². The van der Waals surface area contributed by atoms with Gasteiger partial charge in [-0.1, -0.05) is 12.1 Å². The Morgan fingerprint density at radius 2 is 2.21 bits per heavy atom. The molecule has 7 nitrogen and oxygen atoms in total. The number of carbonyl (C=O) groups excluding carboxylic acids is 1. The highest BCUT2D eigenvalue weighted by molar-refractivity contribution is 7.09. The molecule has 0 spiro atoms. The van der Waals surface area contributed by atoms with Crippen molar-refractivity contribution in [3.8, 4) is 5.95 Å². The first-order valence-corrected chi connectivity index (χ1v) is 10.3. The monoisotopic (exact) mass is 404 g/mol. The lowest BCUT2D eigenvalue weighted by molar-refractivity contribution is 0.100. The predicted molar refractivity (Wildman–Crippen MR) is 116 cm³/mol. The number of carbonyl (C=O) groups is 1. The number of aromatic nitrogens is 3. The van der Waals surface area contributed by atoms with Crippen LogP contribution in [0.15, 0.2) is 41.8 Å². The largest absolute Gasteiger partial charge is 0.380 e. The first kappa shape index (κ1) is 17.7. The van der Waals surface area contributed by atoms with Crippen LogP contribution in [0.2, 0.25) is 0 Å². The van der Waals surface area contributed by atoms with Gasteiger partial charge in [0, 0.05) is 34.5 Å². The lowest BCUT2D eigenvalue weighted by atomic mass is 10.1. The number of anilines is 2. The molecule has 4 N–H and O–H groups in total. The van der Waals surface area contributed by atoms with Crippen LogP contribution in [0.4, 0.5) is 11.5 Å². The van der Waals surface area contributed by atoms with Gasteiger partial charge in [-0.15, -0.1) is 11.3 Å². The minimum Gasteiger partial charge on any atom is -0.380 e. The molecule has 0 saturated carbocycles.